The Morgan fingerprint density at radius 2 is 1.57 bits per heavy atom. The van der Waals surface area contributed by atoms with Crippen LogP contribution in [0.3, 0.4) is 0 Å². The van der Waals surface area contributed by atoms with E-state index in [1.54, 1.807) is 39.0 Å². The number of carbonyl (C=O) groups is 2. The molecule has 0 bridgehead atoms. The van der Waals surface area contributed by atoms with E-state index in [0.29, 0.717) is 17.1 Å². The number of hydrogen-bond donors (Lipinski definition) is 0. The van der Waals surface area contributed by atoms with Gasteiger partial charge in [0, 0.05) is 12.8 Å². The van der Waals surface area contributed by atoms with Gasteiger partial charge in [-0.05, 0) is 38.5 Å². The molecule has 9 heteroatoms. The highest BCUT2D eigenvalue weighted by molar-refractivity contribution is 7.55. The number of ketones is 1. The number of Topliss-reactive ketones (excluding diaryl/α,β-unsaturated/α-hetero) is 1. The topological polar surface area (TPSA) is 97.4 Å². The zero-order chi connectivity index (χ0) is 21.2. The summed E-state index contributed by atoms with van der Waals surface area (Å²) < 4.78 is 39.0. The molecule has 0 heterocycles. The van der Waals surface area contributed by atoms with E-state index in [9.17, 15) is 14.2 Å². The van der Waals surface area contributed by atoms with Crippen molar-refractivity contribution in [3.8, 4) is 11.5 Å². The molecular formula is C19H29O8P. The highest BCUT2D eigenvalue weighted by atomic mass is 31.2. The first-order valence-electron chi connectivity index (χ1n) is 9.13. The van der Waals surface area contributed by atoms with Crippen molar-refractivity contribution in [1.29, 1.82) is 0 Å². The van der Waals surface area contributed by atoms with Gasteiger partial charge in [0.1, 0.15) is 5.78 Å². The lowest BCUT2D eigenvalue weighted by molar-refractivity contribution is -0.144. The minimum Gasteiger partial charge on any atom is -0.493 e. The number of hydrogen-bond acceptors (Lipinski definition) is 8. The van der Waals surface area contributed by atoms with Crippen LogP contribution < -0.4 is 9.47 Å². The standard InChI is InChI=1S/C19H29O8P/c1-6-25-19(21)18(28(22,26-7-2)27-8-3)13-15(20)11-14-9-10-16(23-4)17(12-14)24-5/h9-10,12,18H,6-8,11,13H2,1-5H3. The average molecular weight is 416 g/mol. The van der Waals surface area contributed by atoms with Crippen LogP contribution in [0.4, 0.5) is 0 Å². The van der Waals surface area contributed by atoms with Crippen molar-refractivity contribution < 1.29 is 37.4 Å². The summed E-state index contributed by atoms with van der Waals surface area (Å²) in [4.78, 5) is 25.0. The van der Waals surface area contributed by atoms with E-state index in [0.717, 1.165) is 0 Å². The van der Waals surface area contributed by atoms with E-state index >= 15 is 0 Å². The molecule has 8 nitrogen and oxygen atoms in total. The Balaban J connectivity index is 3.03. The summed E-state index contributed by atoms with van der Waals surface area (Å²) in [6.07, 6.45) is -0.293. The molecule has 1 aromatic rings. The monoisotopic (exact) mass is 416 g/mol. The first-order chi connectivity index (χ1) is 13.3. The van der Waals surface area contributed by atoms with Crippen LogP contribution in [0.25, 0.3) is 0 Å². The summed E-state index contributed by atoms with van der Waals surface area (Å²) in [5, 5.41) is 0. The molecule has 1 unspecified atom stereocenters. The van der Waals surface area contributed by atoms with Gasteiger partial charge in [-0.2, -0.15) is 0 Å². The van der Waals surface area contributed by atoms with Crippen molar-refractivity contribution in [1.82, 2.24) is 0 Å². The fourth-order valence-electron chi connectivity index (χ4n) is 2.65. The van der Waals surface area contributed by atoms with Crippen LogP contribution in [-0.2, 0) is 34.4 Å². The largest absolute Gasteiger partial charge is 0.493 e. The first-order valence-corrected chi connectivity index (χ1v) is 10.7. The van der Waals surface area contributed by atoms with E-state index in [4.69, 9.17) is 23.3 Å². The average Bonchev–Trinajstić information content (AvgIpc) is 2.66. The Morgan fingerprint density at radius 1 is 0.964 bits per heavy atom. The Bertz CT molecular complexity index is 693. The second kappa shape index (κ2) is 11.8. The van der Waals surface area contributed by atoms with Crippen LogP contribution in [0.2, 0.25) is 0 Å². The van der Waals surface area contributed by atoms with E-state index in [-0.39, 0.29) is 38.4 Å². The van der Waals surface area contributed by atoms with Crippen LogP contribution in [-0.4, -0.2) is 51.5 Å². The zero-order valence-corrected chi connectivity index (χ0v) is 18.0. The lowest BCUT2D eigenvalue weighted by atomic mass is 10.0. The maximum atomic E-state index is 13.1. The lowest BCUT2D eigenvalue weighted by Crippen LogP contribution is -2.29. The molecule has 0 aromatic heterocycles. The summed E-state index contributed by atoms with van der Waals surface area (Å²) in [5.41, 5.74) is -0.632. The smallest absolute Gasteiger partial charge is 0.345 e. The third-order valence-electron chi connectivity index (χ3n) is 3.83. The highest BCUT2D eigenvalue weighted by Gasteiger charge is 2.43. The molecule has 0 aliphatic heterocycles. The number of rotatable bonds is 13. The number of ether oxygens (including phenoxy) is 3. The van der Waals surface area contributed by atoms with Crippen LogP contribution in [0.1, 0.15) is 32.8 Å². The van der Waals surface area contributed by atoms with Crippen LogP contribution in [0.5, 0.6) is 11.5 Å². The molecule has 1 rings (SSSR count). The molecule has 0 N–H and O–H groups in total. The summed E-state index contributed by atoms with van der Waals surface area (Å²) in [6, 6.07) is 5.10. The van der Waals surface area contributed by atoms with E-state index in [2.05, 4.69) is 0 Å². The predicted octanol–water partition coefficient (Wildman–Crippen LogP) is 3.40. The SMILES string of the molecule is CCOC(=O)C(CC(=O)Cc1ccc(OC)c(OC)c1)P(=O)(OCC)OCC. The Labute approximate surface area is 166 Å². The first kappa shape index (κ1) is 24.1. The lowest BCUT2D eigenvalue weighted by Gasteiger charge is -2.24. The van der Waals surface area contributed by atoms with Crippen LogP contribution in [0.15, 0.2) is 18.2 Å². The number of esters is 1. The van der Waals surface area contributed by atoms with Gasteiger partial charge in [-0.1, -0.05) is 6.07 Å². The van der Waals surface area contributed by atoms with Crippen molar-refractivity contribution >= 4 is 19.3 Å². The Hall–Kier alpha value is -1.89. The fourth-order valence-corrected chi connectivity index (χ4v) is 4.56. The maximum Gasteiger partial charge on any atom is 0.345 e. The maximum absolute atomic E-state index is 13.1. The van der Waals surface area contributed by atoms with Gasteiger partial charge in [-0.15, -0.1) is 0 Å². The van der Waals surface area contributed by atoms with Gasteiger partial charge >= 0.3 is 13.6 Å². The van der Waals surface area contributed by atoms with Gasteiger partial charge in [0.05, 0.1) is 34.0 Å². The van der Waals surface area contributed by atoms with Crippen molar-refractivity contribution in [2.45, 2.75) is 39.3 Å². The molecular weight excluding hydrogens is 387 g/mol. The van der Waals surface area contributed by atoms with Gasteiger partial charge < -0.3 is 23.3 Å². The Kier molecular flexibility index (Phi) is 10.2. The molecule has 1 atom stereocenters. The van der Waals surface area contributed by atoms with Crippen LogP contribution >= 0.6 is 7.60 Å². The minimum atomic E-state index is -3.84. The number of benzene rings is 1. The predicted molar refractivity (Wildman–Crippen MR) is 104 cm³/mol. The quantitative estimate of drug-likeness (QED) is 0.357. The molecule has 0 fully saturated rings. The second-order valence-electron chi connectivity index (χ2n) is 5.75. The normalized spacial score (nSPS) is 12.3. The third kappa shape index (κ3) is 6.62. The van der Waals surface area contributed by atoms with Crippen molar-refractivity contribution in [3.05, 3.63) is 23.8 Å². The molecule has 0 spiro atoms. The molecule has 158 valence electrons. The van der Waals surface area contributed by atoms with Crippen molar-refractivity contribution in [2.24, 2.45) is 0 Å². The number of carbonyl (C=O) groups excluding carboxylic acids is 2. The minimum absolute atomic E-state index is 0.0223. The van der Waals surface area contributed by atoms with E-state index in [1.807, 2.05) is 0 Å². The van der Waals surface area contributed by atoms with Crippen LogP contribution in [0, 0.1) is 0 Å². The molecule has 0 amide bonds. The van der Waals surface area contributed by atoms with Gasteiger partial charge in [0.25, 0.3) is 0 Å². The van der Waals surface area contributed by atoms with Gasteiger partial charge in [0.15, 0.2) is 17.2 Å². The van der Waals surface area contributed by atoms with Crippen molar-refractivity contribution in [2.75, 3.05) is 34.0 Å². The molecule has 0 aliphatic carbocycles. The Morgan fingerprint density at radius 3 is 2.07 bits per heavy atom. The van der Waals surface area contributed by atoms with E-state index in [1.165, 1.54) is 14.2 Å². The summed E-state index contributed by atoms with van der Waals surface area (Å²) in [5.74, 6) is -0.0392. The zero-order valence-electron chi connectivity index (χ0n) is 17.1. The summed E-state index contributed by atoms with van der Waals surface area (Å²) in [7, 11) is -0.822. The fraction of sp³-hybridized carbons (Fsp3) is 0.579. The van der Waals surface area contributed by atoms with E-state index < -0.39 is 19.2 Å². The molecule has 0 radical (unpaired) electrons. The highest BCUT2D eigenvalue weighted by Crippen LogP contribution is 2.54. The van der Waals surface area contributed by atoms with Crippen molar-refractivity contribution in [3.63, 3.8) is 0 Å². The molecule has 28 heavy (non-hydrogen) atoms. The number of methoxy groups -OCH3 is 2. The molecule has 0 aliphatic rings. The van der Waals surface area contributed by atoms with Gasteiger partial charge in [-0.3, -0.25) is 14.2 Å². The van der Waals surface area contributed by atoms with Gasteiger partial charge in [0.2, 0.25) is 0 Å². The second-order valence-corrected chi connectivity index (χ2v) is 7.97. The third-order valence-corrected chi connectivity index (χ3v) is 6.22. The molecule has 1 aromatic carbocycles. The van der Waals surface area contributed by atoms with Gasteiger partial charge in [-0.25, -0.2) is 0 Å². The molecule has 0 saturated carbocycles. The summed E-state index contributed by atoms with van der Waals surface area (Å²) in [6.45, 7) is 5.16. The molecule has 0 saturated heterocycles. The summed E-state index contributed by atoms with van der Waals surface area (Å²) >= 11 is 0.